The first-order chi connectivity index (χ1) is 7.04. The van der Waals surface area contributed by atoms with E-state index in [1.165, 1.54) is 13.2 Å². The van der Waals surface area contributed by atoms with Crippen LogP contribution >= 0.6 is 0 Å². The molecule has 1 aromatic rings. The smallest absolute Gasteiger partial charge is 0.310 e. The fourth-order valence-corrected chi connectivity index (χ4v) is 1.34. The average molecular weight is 211 g/mol. The highest BCUT2D eigenvalue weighted by molar-refractivity contribution is 5.48. The summed E-state index contributed by atoms with van der Waals surface area (Å²) in [5.74, 6) is 0.221. The van der Waals surface area contributed by atoms with Crippen molar-refractivity contribution in [3.05, 3.63) is 33.9 Å². The molecular formula is C10H13NO4. The van der Waals surface area contributed by atoms with Gasteiger partial charge in [0.15, 0.2) is 5.75 Å². The van der Waals surface area contributed by atoms with Crippen molar-refractivity contribution in [3.63, 3.8) is 0 Å². The first-order valence-corrected chi connectivity index (χ1v) is 4.54. The molecule has 5 heteroatoms. The molecule has 1 rings (SSSR count). The van der Waals surface area contributed by atoms with Crippen LogP contribution in [0.2, 0.25) is 0 Å². The van der Waals surface area contributed by atoms with E-state index in [4.69, 9.17) is 4.74 Å². The summed E-state index contributed by atoms with van der Waals surface area (Å²) in [4.78, 5) is 10.1. The van der Waals surface area contributed by atoms with Crippen molar-refractivity contribution in [3.8, 4) is 5.75 Å². The van der Waals surface area contributed by atoms with Gasteiger partial charge in [0.1, 0.15) is 0 Å². The number of nitro benzene ring substituents is 1. The molecule has 0 fully saturated rings. The van der Waals surface area contributed by atoms with E-state index >= 15 is 0 Å². The molecule has 5 nitrogen and oxygen atoms in total. The Labute approximate surface area is 87.5 Å². The summed E-state index contributed by atoms with van der Waals surface area (Å²) < 4.78 is 4.91. The van der Waals surface area contributed by atoms with Crippen LogP contribution < -0.4 is 4.74 Å². The summed E-state index contributed by atoms with van der Waals surface area (Å²) in [7, 11) is 1.38. The molecule has 1 atom stereocenters. The highest BCUT2D eigenvalue weighted by Crippen LogP contribution is 2.27. The van der Waals surface area contributed by atoms with Crippen molar-refractivity contribution in [2.75, 3.05) is 7.11 Å². The summed E-state index contributed by atoms with van der Waals surface area (Å²) in [6.45, 7) is 1.66. The third-order valence-electron chi connectivity index (χ3n) is 1.97. The Morgan fingerprint density at radius 1 is 1.60 bits per heavy atom. The van der Waals surface area contributed by atoms with Gasteiger partial charge >= 0.3 is 5.69 Å². The fraction of sp³-hybridized carbons (Fsp3) is 0.400. The SMILES string of the molecule is COc1cc(CC(C)O)ccc1[N+](=O)[O-]. The minimum absolute atomic E-state index is 0.0631. The van der Waals surface area contributed by atoms with E-state index in [2.05, 4.69) is 0 Å². The van der Waals surface area contributed by atoms with Gasteiger partial charge in [0.25, 0.3) is 0 Å². The number of rotatable bonds is 4. The lowest BCUT2D eigenvalue weighted by atomic mass is 10.1. The predicted molar refractivity (Wildman–Crippen MR) is 55.0 cm³/mol. The zero-order valence-electron chi connectivity index (χ0n) is 8.64. The minimum atomic E-state index is -0.495. The van der Waals surface area contributed by atoms with Gasteiger partial charge in [-0.25, -0.2) is 0 Å². The van der Waals surface area contributed by atoms with Crippen LogP contribution in [0.4, 0.5) is 5.69 Å². The Bertz CT molecular complexity index is 362. The first-order valence-electron chi connectivity index (χ1n) is 4.54. The van der Waals surface area contributed by atoms with Crippen LogP contribution in [-0.4, -0.2) is 23.2 Å². The monoisotopic (exact) mass is 211 g/mol. The number of aliphatic hydroxyl groups excluding tert-OH is 1. The Hall–Kier alpha value is -1.62. The normalized spacial score (nSPS) is 12.2. The number of nitrogens with zero attached hydrogens (tertiary/aromatic N) is 1. The summed E-state index contributed by atoms with van der Waals surface area (Å²) in [5, 5.41) is 19.8. The molecule has 0 saturated carbocycles. The van der Waals surface area contributed by atoms with Crippen molar-refractivity contribution in [1.29, 1.82) is 0 Å². The quantitative estimate of drug-likeness (QED) is 0.605. The van der Waals surface area contributed by atoms with E-state index in [9.17, 15) is 15.2 Å². The van der Waals surface area contributed by atoms with Crippen molar-refractivity contribution in [2.45, 2.75) is 19.4 Å². The van der Waals surface area contributed by atoms with Crippen LogP contribution in [0, 0.1) is 10.1 Å². The lowest BCUT2D eigenvalue weighted by Gasteiger charge is -2.06. The number of nitro groups is 1. The molecule has 1 aromatic carbocycles. The molecule has 0 spiro atoms. The van der Waals surface area contributed by atoms with E-state index in [0.29, 0.717) is 6.42 Å². The topological polar surface area (TPSA) is 72.6 Å². The van der Waals surface area contributed by atoms with Gasteiger partial charge < -0.3 is 9.84 Å². The molecule has 15 heavy (non-hydrogen) atoms. The molecule has 0 aliphatic rings. The molecule has 0 radical (unpaired) electrons. The molecule has 0 saturated heterocycles. The molecule has 0 amide bonds. The van der Waals surface area contributed by atoms with Crippen LogP contribution in [0.15, 0.2) is 18.2 Å². The van der Waals surface area contributed by atoms with Gasteiger partial charge in [-0.15, -0.1) is 0 Å². The van der Waals surface area contributed by atoms with E-state index in [-0.39, 0.29) is 11.4 Å². The molecule has 82 valence electrons. The Balaban J connectivity index is 3.02. The predicted octanol–water partition coefficient (Wildman–Crippen LogP) is 1.53. The maximum absolute atomic E-state index is 10.6. The number of methoxy groups -OCH3 is 1. The second-order valence-electron chi connectivity index (χ2n) is 3.32. The average Bonchev–Trinajstić information content (AvgIpc) is 2.16. The van der Waals surface area contributed by atoms with Crippen molar-refractivity contribution in [1.82, 2.24) is 0 Å². The number of aliphatic hydroxyl groups is 1. The zero-order chi connectivity index (χ0) is 11.4. The second kappa shape index (κ2) is 4.75. The molecule has 0 aromatic heterocycles. The third-order valence-corrected chi connectivity index (χ3v) is 1.97. The van der Waals surface area contributed by atoms with Gasteiger partial charge in [-0.1, -0.05) is 6.07 Å². The third kappa shape index (κ3) is 2.92. The first kappa shape index (κ1) is 11.5. The van der Waals surface area contributed by atoms with Crippen LogP contribution in [0.5, 0.6) is 5.75 Å². The fourth-order valence-electron chi connectivity index (χ4n) is 1.34. The molecule has 0 aliphatic carbocycles. The van der Waals surface area contributed by atoms with E-state index in [0.717, 1.165) is 5.56 Å². The maximum atomic E-state index is 10.6. The van der Waals surface area contributed by atoms with E-state index in [1.807, 2.05) is 0 Å². The van der Waals surface area contributed by atoms with Crippen LogP contribution in [-0.2, 0) is 6.42 Å². The van der Waals surface area contributed by atoms with Gasteiger partial charge in [0, 0.05) is 6.07 Å². The van der Waals surface area contributed by atoms with Crippen molar-refractivity contribution in [2.24, 2.45) is 0 Å². The van der Waals surface area contributed by atoms with E-state index in [1.54, 1.807) is 19.1 Å². The van der Waals surface area contributed by atoms with E-state index < -0.39 is 11.0 Å². The Morgan fingerprint density at radius 2 is 2.27 bits per heavy atom. The molecule has 1 unspecified atom stereocenters. The molecule has 1 N–H and O–H groups in total. The minimum Gasteiger partial charge on any atom is -0.490 e. The van der Waals surface area contributed by atoms with Crippen molar-refractivity contribution >= 4 is 5.69 Å². The summed E-state index contributed by atoms with van der Waals surface area (Å²) >= 11 is 0. The Morgan fingerprint density at radius 3 is 2.73 bits per heavy atom. The maximum Gasteiger partial charge on any atom is 0.310 e. The van der Waals surface area contributed by atoms with Gasteiger partial charge in [-0.05, 0) is 25.0 Å². The highest BCUT2D eigenvalue weighted by atomic mass is 16.6. The molecule has 0 aliphatic heterocycles. The van der Waals surface area contributed by atoms with Crippen LogP contribution in [0.1, 0.15) is 12.5 Å². The lowest BCUT2D eigenvalue weighted by Crippen LogP contribution is -2.04. The van der Waals surface area contributed by atoms with Crippen molar-refractivity contribution < 1.29 is 14.8 Å². The van der Waals surface area contributed by atoms with Crippen LogP contribution in [0.25, 0.3) is 0 Å². The number of benzene rings is 1. The van der Waals surface area contributed by atoms with Gasteiger partial charge in [-0.2, -0.15) is 0 Å². The number of ether oxygens (including phenoxy) is 1. The van der Waals surface area contributed by atoms with Gasteiger partial charge in [-0.3, -0.25) is 10.1 Å². The standard InChI is InChI=1S/C10H13NO4/c1-7(12)5-8-3-4-9(11(13)14)10(6-8)15-2/h3-4,6-7,12H,5H2,1-2H3. The number of hydrogen-bond donors (Lipinski definition) is 1. The summed E-state index contributed by atoms with van der Waals surface area (Å²) in [6, 6.07) is 4.58. The highest BCUT2D eigenvalue weighted by Gasteiger charge is 2.14. The molecular weight excluding hydrogens is 198 g/mol. The summed E-state index contributed by atoms with van der Waals surface area (Å²) in [6.07, 6.45) is -0.0230. The van der Waals surface area contributed by atoms with Gasteiger partial charge in [0.2, 0.25) is 0 Å². The molecule has 0 bridgehead atoms. The Kier molecular flexibility index (Phi) is 3.62. The molecule has 0 heterocycles. The summed E-state index contributed by atoms with van der Waals surface area (Å²) in [5.41, 5.74) is 0.749. The zero-order valence-corrected chi connectivity index (χ0v) is 8.64. The number of hydrogen-bond acceptors (Lipinski definition) is 4. The van der Waals surface area contributed by atoms with Gasteiger partial charge in [0.05, 0.1) is 18.1 Å². The van der Waals surface area contributed by atoms with Crippen LogP contribution in [0.3, 0.4) is 0 Å². The lowest BCUT2D eigenvalue weighted by molar-refractivity contribution is -0.385. The second-order valence-corrected chi connectivity index (χ2v) is 3.32. The largest absolute Gasteiger partial charge is 0.490 e.